The normalized spacial score (nSPS) is 9.69. The van der Waals surface area contributed by atoms with Crippen LogP contribution in [0.4, 0.5) is 4.79 Å². The van der Waals surface area contributed by atoms with Crippen molar-refractivity contribution in [2.75, 3.05) is 6.54 Å². The maximum Gasteiger partial charge on any atom is 0.229 e. The molecule has 4 heteroatoms. The Morgan fingerprint density at radius 1 is 1.31 bits per heavy atom. The monoisotopic (exact) mass is 261 g/mol. The summed E-state index contributed by atoms with van der Waals surface area (Å²) < 4.78 is 4.83. The largest absolute Gasteiger partial charge is 0.617 e. The molecule has 0 saturated carbocycles. The molecule has 13 heavy (non-hydrogen) atoms. The summed E-state index contributed by atoms with van der Waals surface area (Å²) in [6.45, 7) is 8.40. The second-order valence-electron chi connectivity index (χ2n) is 3.50. The van der Waals surface area contributed by atoms with Gasteiger partial charge in [0, 0.05) is 32.7 Å². The van der Waals surface area contributed by atoms with Crippen LogP contribution in [0.3, 0.4) is 0 Å². The fraction of sp³-hybridized carbons (Fsp3) is 0.889. The quantitative estimate of drug-likeness (QED) is 0.780. The summed E-state index contributed by atoms with van der Waals surface area (Å²) in [6, 6.07) is 0. The van der Waals surface area contributed by atoms with Gasteiger partial charge in [-0.3, -0.25) is 4.79 Å². The number of hydrogen-bond acceptors (Lipinski definition) is 2. The van der Waals surface area contributed by atoms with Crippen LogP contribution in [0.2, 0.25) is 0 Å². The van der Waals surface area contributed by atoms with Crippen LogP contribution in [0.15, 0.2) is 0 Å². The van der Waals surface area contributed by atoms with E-state index < -0.39 is 6.09 Å². The van der Waals surface area contributed by atoms with Crippen LogP contribution in [0, 0.1) is 5.92 Å². The van der Waals surface area contributed by atoms with Gasteiger partial charge in [-0.15, -0.1) is 6.54 Å². The summed E-state index contributed by atoms with van der Waals surface area (Å²) in [5, 5.41) is 3.74. The molecule has 0 saturated heterocycles. The first-order valence-electron chi connectivity index (χ1n) is 4.40. The third-order valence-corrected chi connectivity index (χ3v) is 1.28. The number of carbonyl (C=O) groups excluding carboxylic acids is 1. The Hall–Kier alpha value is 0.374. The number of carbonyl (C=O) groups is 1. The van der Waals surface area contributed by atoms with Crippen LogP contribution in [0.25, 0.3) is 5.32 Å². The van der Waals surface area contributed by atoms with E-state index in [0.29, 0.717) is 12.5 Å². The number of rotatable bonds is 4. The van der Waals surface area contributed by atoms with Gasteiger partial charge in [-0.2, -0.15) is 0 Å². The van der Waals surface area contributed by atoms with Gasteiger partial charge in [-0.1, -0.05) is 20.3 Å². The summed E-state index contributed by atoms with van der Waals surface area (Å²) in [6.07, 6.45) is 0.429. The first kappa shape index (κ1) is 15.8. The molecule has 0 rings (SSSR count). The molecule has 0 bridgehead atoms. The third kappa shape index (κ3) is 12.4. The molecule has 0 aromatic carbocycles. The van der Waals surface area contributed by atoms with Gasteiger partial charge in [0.2, 0.25) is 6.09 Å². The van der Waals surface area contributed by atoms with Gasteiger partial charge < -0.3 is 10.1 Å². The minimum Gasteiger partial charge on any atom is -0.617 e. The number of ether oxygens (including phenoxy) is 1. The van der Waals surface area contributed by atoms with E-state index in [-0.39, 0.29) is 38.8 Å². The van der Waals surface area contributed by atoms with Gasteiger partial charge in [0.25, 0.3) is 0 Å². The molecule has 0 aliphatic carbocycles. The Kier molecular flexibility index (Phi) is 10.9. The third-order valence-electron chi connectivity index (χ3n) is 1.28. The fourth-order valence-electron chi connectivity index (χ4n) is 0.653. The topological polar surface area (TPSA) is 40.4 Å². The van der Waals surface area contributed by atoms with Crippen LogP contribution in [-0.2, 0) is 37.4 Å². The van der Waals surface area contributed by atoms with E-state index in [1.807, 2.05) is 13.8 Å². The summed E-state index contributed by atoms with van der Waals surface area (Å²) in [7, 11) is 0. The second kappa shape index (κ2) is 8.95. The smallest absolute Gasteiger partial charge is 0.229 e. The number of amides is 1. The molecule has 3 nitrogen and oxygen atoms in total. The van der Waals surface area contributed by atoms with Crippen molar-refractivity contribution in [3.8, 4) is 0 Å². The van der Waals surface area contributed by atoms with Crippen LogP contribution < -0.4 is 0 Å². The van der Waals surface area contributed by atoms with Crippen LogP contribution in [0.5, 0.6) is 0 Å². The molecule has 0 unspecified atom stereocenters. The van der Waals surface area contributed by atoms with Crippen molar-refractivity contribution in [3.63, 3.8) is 0 Å². The Labute approximate surface area is 106 Å². The van der Waals surface area contributed by atoms with E-state index >= 15 is 0 Å². The van der Waals surface area contributed by atoms with Gasteiger partial charge in [-0.25, -0.2) is 0 Å². The second-order valence-corrected chi connectivity index (χ2v) is 3.50. The first-order valence-corrected chi connectivity index (χ1v) is 4.40. The molecular formula is C9H18NO2Y-. The number of nitrogens with zero attached hydrogens (tertiary/aromatic N) is 1. The van der Waals surface area contributed by atoms with Gasteiger partial charge in [0.1, 0.15) is 0 Å². The standard InChI is InChI=1S/C9H19NO2.Y/c1-7(2)5-6-10-9(11)12-8(3)4;/h7-8H,5-6H2,1-4H3,(H,10,11);/p-1. The van der Waals surface area contributed by atoms with Crippen molar-refractivity contribution in [2.24, 2.45) is 5.92 Å². The van der Waals surface area contributed by atoms with E-state index in [9.17, 15) is 4.79 Å². The molecule has 1 radical (unpaired) electrons. The molecule has 0 heterocycles. The molecule has 1 amide bonds. The molecule has 0 fully saturated rings. The van der Waals surface area contributed by atoms with Crippen molar-refractivity contribution < 1.29 is 42.2 Å². The van der Waals surface area contributed by atoms with E-state index in [2.05, 4.69) is 19.2 Å². The van der Waals surface area contributed by atoms with Crippen molar-refractivity contribution in [1.29, 1.82) is 0 Å². The minimum atomic E-state index is -0.439. The summed E-state index contributed by atoms with van der Waals surface area (Å²) >= 11 is 0. The molecule has 0 N–H and O–H groups in total. The van der Waals surface area contributed by atoms with Gasteiger partial charge in [-0.05, 0) is 19.8 Å². The SMILES string of the molecule is CC(C)CC[N-]C(=O)OC(C)C.[Y]. The van der Waals surface area contributed by atoms with Crippen LogP contribution >= 0.6 is 0 Å². The fourth-order valence-corrected chi connectivity index (χ4v) is 0.653. The zero-order valence-corrected chi connectivity index (χ0v) is 11.7. The molecule has 0 aliphatic rings. The predicted molar refractivity (Wildman–Crippen MR) is 49.3 cm³/mol. The Balaban J connectivity index is 0. The summed E-state index contributed by atoms with van der Waals surface area (Å²) in [4.78, 5) is 10.8. The number of hydrogen-bond donors (Lipinski definition) is 0. The average molecular weight is 261 g/mol. The Bertz CT molecular complexity index is 138. The van der Waals surface area contributed by atoms with Crippen molar-refractivity contribution in [2.45, 2.75) is 40.2 Å². The zero-order valence-electron chi connectivity index (χ0n) is 8.91. The molecule has 0 spiro atoms. The molecule has 0 aromatic heterocycles. The van der Waals surface area contributed by atoms with E-state index in [4.69, 9.17) is 4.74 Å². The Morgan fingerprint density at radius 3 is 2.23 bits per heavy atom. The minimum absolute atomic E-state index is 0. The summed E-state index contributed by atoms with van der Waals surface area (Å²) in [5.74, 6) is 0.584. The van der Waals surface area contributed by atoms with Crippen LogP contribution in [0.1, 0.15) is 34.1 Å². The van der Waals surface area contributed by atoms with Gasteiger partial charge >= 0.3 is 0 Å². The van der Waals surface area contributed by atoms with Crippen molar-refractivity contribution in [1.82, 2.24) is 0 Å². The summed E-state index contributed by atoms with van der Waals surface area (Å²) in [5.41, 5.74) is 0. The van der Waals surface area contributed by atoms with E-state index in [1.54, 1.807) is 0 Å². The molecule has 75 valence electrons. The predicted octanol–water partition coefficient (Wildman–Crippen LogP) is 2.95. The average Bonchev–Trinajstić information content (AvgIpc) is 1.84. The Morgan fingerprint density at radius 2 is 1.85 bits per heavy atom. The zero-order chi connectivity index (χ0) is 9.56. The van der Waals surface area contributed by atoms with Crippen molar-refractivity contribution >= 4 is 6.09 Å². The molecule has 0 aromatic rings. The first-order chi connectivity index (χ1) is 5.52. The molecule has 0 atom stereocenters. The van der Waals surface area contributed by atoms with Crippen LogP contribution in [-0.4, -0.2) is 18.7 Å². The maximum atomic E-state index is 10.8. The molecule has 0 aliphatic heterocycles. The van der Waals surface area contributed by atoms with E-state index in [0.717, 1.165) is 6.42 Å². The van der Waals surface area contributed by atoms with Gasteiger partial charge in [0.05, 0.1) is 6.10 Å². The molecular weight excluding hydrogens is 243 g/mol. The van der Waals surface area contributed by atoms with Gasteiger partial charge in [0.15, 0.2) is 0 Å². The maximum absolute atomic E-state index is 10.8. The van der Waals surface area contributed by atoms with E-state index in [1.165, 1.54) is 0 Å². The van der Waals surface area contributed by atoms with Crippen molar-refractivity contribution in [3.05, 3.63) is 5.32 Å².